The summed E-state index contributed by atoms with van der Waals surface area (Å²) in [6.07, 6.45) is 2.81. The third-order valence-electron chi connectivity index (χ3n) is 4.16. The van der Waals surface area contributed by atoms with Crippen molar-refractivity contribution >= 4 is 39.9 Å². The monoisotopic (exact) mass is 458 g/mol. The zero-order chi connectivity index (χ0) is 18.0. The van der Waals surface area contributed by atoms with Crippen molar-refractivity contribution in [1.82, 2.24) is 5.48 Å². The van der Waals surface area contributed by atoms with Gasteiger partial charge in [0.2, 0.25) is 0 Å². The predicted octanol–water partition coefficient (Wildman–Crippen LogP) is 4.84. The number of aryl methyl sites for hydroxylation is 1. The van der Waals surface area contributed by atoms with E-state index >= 15 is 0 Å². The molecule has 0 unspecified atom stereocenters. The molecule has 1 aliphatic carbocycles. The summed E-state index contributed by atoms with van der Waals surface area (Å²) in [6, 6.07) is 7.67. The van der Waals surface area contributed by atoms with Crippen LogP contribution >= 0.6 is 22.6 Å². The summed E-state index contributed by atoms with van der Waals surface area (Å²) in [5.41, 5.74) is 3.55. The Kier molecular flexibility index (Phi) is 5.53. The van der Waals surface area contributed by atoms with E-state index in [0.717, 1.165) is 34.5 Å². The maximum atomic E-state index is 14.3. The van der Waals surface area contributed by atoms with Crippen LogP contribution in [0.15, 0.2) is 30.3 Å². The second-order valence-electron chi connectivity index (χ2n) is 5.97. The molecule has 3 rings (SSSR count). The van der Waals surface area contributed by atoms with E-state index in [9.17, 15) is 13.6 Å². The summed E-state index contributed by atoms with van der Waals surface area (Å²) in [4.78, 5) is 17.6. The van der Waals surface area contributed by atoms with Crippen LogP contribution < -0.4 is 10.8 Å². The van der Waals surface area contributed by atoms with Crippen molar-refractivity contribution in [3.05, 3.63) is 56.7 Å². The number of halogens is 3. The van der Waals surface area contributed by atoms with Gasteiger partial charge in [0, 0.05) is 9.26 Å². The summed E-state index contributed by atoms with van der Waals surface area (Å²) in [6.45, 7) is 1.85. The number of hydrogen-bond donors (Lipinski definition) is 2. The van der Waals surface area contributed by atoms with Gasteiger partial charge < -0.3 is 5.32 Å². The summed E-state index contributed by atoms with van der Waals surface area (Å²) in [5.74, 6) is -2.74. The topological polar surface area (TPSA) is 50.4 Å². The Morgan fingerprint density at radius 3 is 2.64 bits per heavy atom. The molecule has 0 aliphatic heterocycles. The summed E-state index contributed by atoms with van der Waals surface area (Å²) in [7, 11) is 0. The molecule has 1 aliphatic rings. The number of hydrogen-bond acceptors (Lipinski definition) is 3. The highest BCUT2D eigenvalue weighted by atomic mass is 127. The van der Waals surface area contributed by atoms with Crippen molar-refractivity contribution in [1.29, 1.82) is 0 Å². The SMILES string of the molecule is Cc1cc(I)ccc1Nc1c(C(=O)NOC2CCC2)ccc(F)c1F. The van der Waals surface area contributed by atoms with Gasteiger partial charge in [-0.2, -0.15) is 0 Å². The maximum Gasteiger partial charge on any atom is 0.277 e. The van der Waals surface area contributed by atoms with Crippen LogP contribution in [-0.4, -0.2) is 12.0 Å². The number of nitrogens with one attached hydrogen (secondary N) is 2. The van der Waals surface area contributed by atoms with Gasteiger partial charge in [-0.05, 0) is 84.7 Å². The number of carbonyl (C=O) groups excluding carboxylic acids is 1. The second kappa shape index (κ2) is 7.65. The molecule has 0 bridgehead atoms. The molecule has 25 heavy (non-hydrogen) atoms. The van der Waals surface area contributed by atoms with Gasteiger partial charge in [-0.1, -0.05) is 0 Å². The van der Waals surface area contributed by atoms with Crippen molar-refractivity contribution in [3.63, 3.8) is 0 Å². The average molecular weight is 458 g/mol. The molecule has 1 fully saturated rings. The number of rotatable bonds is 5. The quantitative estimate of drug-likeness (QED) is 0.499. The fourth-order valence-corrected chi connectivity index (χ4v) is 3.09. The average Bonchev–Trinajstić information content (AvgIpc) is 2.52. The van der Waals surface area contributed by atoms with Crippen LogP contribution in [0.1, 0.15) is 35.2 Å². The zero-order valence-electron chi connectivity index (χ0n) is 13.5. The number of amides is 1. The van der Waals surface area contributed by atoms with Crippen LogP contribution in [0.25, 0.3) is 0 Å². The van der Waals surface area contributed by atoms with E-state index in [1.807, 2.05) is 19.1 Å². The smallest absolute Gasteiger partial charge is 0.277 e. The van der Waals surface area contributed by atoms with Crippen LogP contribution in [0.4, 0.5) is 20.2 Å². The molecule has 0 spiro atoms. The second-order valence-corrected chi connectivity index (χ2v) is 7.22. The van der Waals surface area contributed by atoms with Crippen molar-refractivity contribution in [2.45, 2.75) is 32.3 Å². The van der Waals surface area contributed by atoms with Crippen molar-refractivity contribution in [3.8, 4) is 0 Å². The molecule has 0 aromatic heterocycles. The minimum atomic E-state index is -1.10. The highest BCUT2D eigenvalue weighted by molar-refractivity contribution is 14.1. The van der Waals surface area contributed by atoms with Gasteiger partial charge in [0.05, 0.1) is 17.4 Å². The Morgan fingerprint density at radius 1 is 1.24 bits per heavy atom. The molecule has 7 heteroatoms. The third kappa shape index (κ3) is 4.09. The minimum Gasteiger partial charge on any atom is -0.352 e. The first kappa shape index (κ1) is 18.1. The number of hydroxylamine groups is 1. The lowest BCUT2D eigenvalue weighted by Gasteiger charge is -2.25. The van der Waals surface area contributed by atoms with Gasteiger partial charge in [0.25, 0.3) is 5.91 Å². The Labute approximate surface area is 158 Å². The first-order valence-corrected chi connectivity index (χ1v) is 9.00. The molecule has 2 aromatic rings. The molecular weight excluding hydrogens is 441 g/mol. The lowest BCUT2D eigenvalue weighted by Crippen LogP contribution is -2.33. The van der Waals surface area contributed by atoms with Crippen LogP contribution in [-0.2, 0) is 4.84 Å². The summed E-state index contributed by atoms with van der Waals surface area (Å²) < 4.78 is 29.0. The van der Waals surface area contributed by atoms with E-state index in [4.69, 9.17) is 4.84 Å². The van der Waals surface area contributed by atoms with Crippen LogP contribution in [0, 0.1) is 22.1 Å². The molecule has 132 valence electrons. The lowest BCUT2D eigenvalue weighted by molar-refractivity contribution is -0.0507. The van der Waals surface area contributed by atoms with Crippen LogP contribution in [0.3, 0.4) is 0 Å². The molecular formula is C18H17F2IN2O2. The fraction of sp³-hybridized carbons (Fsp3) is 0.278. The summed E-state index contributed by atoms with van der Waals surface area (Å²) >= 11 is 2.17. The third-order valence-corrected chi connectivity index (χ3v) is 4.83. The molecule has 0 atom stereocenters. The van der Waals surface area contributed by atoms with E-state index < -0.39 is 17.5 Å². The Hall–Kier alpha value is -1.74. The Balaban J connectivity index is 1.87. The molecule has 0 radical (unpaired) electrons. The van der Waals surface area contributed by atoms with E-state index in [-0.39, 0.29) is 17.4 Å². The first-order chi connectivity index (χ1) is 12.0. The van der Waals surface area contributed by atoms with E-state index in [0.29, 0.717) is 5.69 Å². The van der Waals surface area contributed by atoms with Crippen LogP contribution in [0.2, 0.25) is 0 Å². The highest BCUT2D eigenvalue weighted by Crippen LogP contribution is 2.29. The molecule has 2 N–H and O–H groups in total. The Morgan fingerprint density at radius 2 is 2.00 bits per heavy atom. The van der Waals surface area contributed by atoms with Crippen molar-refractivity contribution < 1.29 is 18.4 Å². The maximum absolute atomic E-state index is 14.3. The number of carbonyl (C=O) groups is 1. The van der Waals surface area contributed by atoms with Gasteiger partial charge in [0.1, 0.15) is 0 Å². The molecule has 1 amide bonds. The van der Waals surface area contributed by atoms with Gasteiger partial charge in [-0.15, -0.1) is 0 Å². The number of benzene rings is 2. The van der Waals surface area contributed by atoms with E-state index in [2.05, 4.69) is 33.4 Å². The van der Waals surface area contributed by atoms with E-state index in [1.54, 1.807) is 6.07 Å². The number of anilines is 2. The standard InChI is InChI=1S/C18H17F2IN2O2/c1-10-9-11(21)5-8-15(10)22-17-13(6-7-14(19)16(17)20)18(24)23-25-12-3-2-4-12/h5-9,12,22H,2-4H2,1H3,(H,23,24). The lowest BCUT2D eigenvalue weighted by atomic mass is 9.97. The Bertz CT molecular complexity index is 810. The van der Waals surface area contributed by atoms with Crippen molar-refractivity contribution in [2.75, 3.05) is 5.32 Å². The highest BCUT2D eigenvalue weighted by Gasteiger charge is 2.23. The zero-order valence-corrected chi connectivity index (χ0v) is 15.7. The van der Waals surface area contributed by atoms with E-state index in [1.165, 1.54) is 6.07 Å². The first-order valence-electron chi connectivity index (χ1n) is 7.93. The van der Waals surface area contributed by atoms with Gasteiger partial charge >= 0.3 is 0 Å². The predicted molar refractivity (Wildman–Crippen MR) is 99.7 cm³/mol. The van der Waals surface area contributed by atoms with Crippen molar-refractivity contribution in [2.24, 2.45) is 0 Å². The van der Waals surface area contributed by atoms with Crippen LogP contribution in [0.5, 0.6) is 0 Å². The molecule has 4 nitrogen and oxygen atoms in total. The molecule has 1 saturated carbocycles. The van der Waals surface area contributed by atoms with Gasteiger partial charge in [0.15, 0.2) is 11.6 Å². The van der Waals surface area contributed by atoms with Gasteiger partial charge in [-0.25, -0.2) is 14.3 Å². The largest absolute Gasteiger partial charge is 0.352 e. The molecule has 0 saturated heterocycles. The van der Waals surface area contributed by atoms with Gasteiger partial charge in [-0.3, -0.25) is 9.63 Å². The normalized spacial score (nSPS) is 14.1. The summed E-state index contributed by atoms with van der Waals surface area (Å²) in [5, 5.41) is 2.84. The fourth-order valence-electron chi connectivity index (χ4n) is 2.44. The minimum absolute atomic E-state index is 0.0101. The molecule has 0 heterocycles. The molecule has 2 aromatic carbocycles.